The number of hydrogen-bond donors (Lipinski definition) is 3. The number of amides is 1. The number of esters is 1. The third kappa shape index (κ3) is 46.4. The number of carbonyl (C=O) groups excluding carboxylic acids is 2. The molecule has 0 aliphatic heterocycles. The van der Waals surface area contributed by atoms with Gasteiger partial charge in [0.25, 0.3) is 0 Å². The molecule has 0 saturated carbocycles. The van der Waals surface area contributed by atoms with E-state index >= 15 is 0 Å². The summed E-state index contributed by atoms with van der Waals surface area (Å²) >= 11 is 0. The first kappa shape index (κ1) is 61.8. The Labute approximate surface area is 397 Å². The smallest absolute Gasteiger partial charge is 0.306 e. The maximum atomic E-state index is 13.2. The Hall–Kier alpha value is -2.18. The van der Waals surface area contributed by atoms with Gasteiger partial charge in [0.05, 0.1) is 25.2 Å². The average molecular weight is 898 g/mol. The summed E-state index contributed by atoms with van der Waals surface area (Å²) in [4.78, 5) is 26.2. The molecule has 0 saturated heterocycles. The van der Waals surface area contributed by atoms with E-state index in [0.717, 1.165) is 83.5 Å². The van der Waals surface area contributed by atoms with Gasteiger partial charge in [0, 0.05) is 6.42 Å². The molecule has 3 unspecified atom stereocenters. The van der Waals surface area contributed by atoms with E-state index in [9.17, 15) is 19.8 Å². The summed E-state index contributed by atoms with van der Waals surface area (Å²) in [6, 6.07) is -0.709. The van der Waals surface area contributed by atoms with Crippen LogP contribution in [-0.4, -0.2) is 46.9 Å². The lowest BCUT2D eigenvalue weighted by molar-refractivity contribution is -0.151. The molecule has 0 aromatic carbocycles. The highest BCUT2D eigenvalue weighted by atomic mass is 16.5. The highest BCUT2D eigenvalue weighted by Gasteiger charge is 2.24. The van der Waals surface area contributed by atoms with Gasteiger partial charge in [0.15, 0.2) is 0 Å². The lowest BCUT2D eigenvalue weighted by atomic mass is 10.0. The maximum Gasteiger partial charge on any atom is 0.306 e. The quantitative estimate of drug-likeness (QED) is 0.0245. The number of hydrogen-bond acceptors (Lipinski definition) is 5. The average Bonchev–Trinajstić information content (AvgIpc) is 3.29. The maximum absolute atomic E-state index is 13.2. The highest BCUT2D eigenvalue weighted by molar-refractivity contribution is 5.77. The van der Waals surface area contributed by atoms with Gasteiger partial charge in [0.2, 0.25) is 5.91 Å². The lowest BCUT2D eigenvalue weighted by Gasteiger charge is -2.24. The number of nitrogens with one attached hydrogen (secondary N) is 1. The van der Waals surface area contributed by atoms with Gasteiger partial charge in [-0.05, 0) is 70.6 Å². The zero-order valence-electron chi connectivity index (χ0n) is 42.7. The molecule has 0 bridgehead atoms. The molecule has 0 spiro atoms. The van der Waals surface area contributed by atoms with Crippen LogP contribution in [0, 0.1) is 0 Å². The molecule has 6 heteroatoms. The van der Waals surface area contributed by atoms with Crippen LogP contribution in [0.2, 0.25) is 0 Å². The molecular weight excluding hydrogens is 791 g/mol. The Morgan fingerprint density at radius 1 is 0.469 bits per heavy atom. The largest absolute Gasteiger partial charge is 0.462 e. The number of carbonyl (C=O) groups is 2. The third-order valence-corrected chi connectivity index (χ3v) is 12.7. The highest BCUT2D eigenvalue weighted by Crippen LogP contribution is 2.18. The molecule has 0 fully saturated rings. The van der Waals surface area contributed by atoms with Crippen LogP contribution >= 0.6 is 0 Å². The summed E-state index contributed by atoms with van der Waals surface area (Å²) in [6.07, 6.45) is 63.2. The summed E-state index contributed by atoms with van der Waals surface area (Å²) in [5.74, 6) is -0.491. The molecule has 0 aromatic heterocycles. The van der Waals surface area contributed by atoms with Crippen molar-refractivity contribution in [1.82, 2.24) is 5.32 Å². The molecule has 1 amide bonds. The molecule has 0 aliphatic rings. The van der Waals surface area contributed by atoms with E-state index in [1.54, 1.807) is 0 Å². The number of unbranched alkanes of at least 4 members (excludes halogenated alkanes) is 32. The normalized spacial score (nSPS) is 13.5. The van der Waals surface area contributed by atoms with Crippen LogP contribution in [0.3, 0.4) is 0 Å². The molecule has 6 nitrogen and oxygen atoms in total. The van der Waals surface area contributed by atoms with E-state index in [1.165, 1.54) is 154 Å². The zero-order valence-corrected chi connectivity index (χ0v) is 42.7. The van der Waals surface area contributed by atoms with Crippen molar-refractivity contribution in [3.05, 3.63) is 48.6 Å². The summed E-state index contributed by atoms with van der Waals surface area (Å²) in [5.41, 5.74) is 0. The fourth-order valence-corrected chi connectivity index (χ4v) is 8.49. The molecule has 3 atom stereocenters. The third-order valence-electron chi connectivity index (χ3n) is 12.7. The van der Waals surface area contributed by atoms with Crippen LogP contribution in [0.15, 0.2) is 48.6 Å². The summed E-state index contributed by atoms with van der Waals surface area (Å²) in [6.45, 7) is 6.37. The number of ether oxygens (including phenoxy) is 1. The van der Waals surface area contributed by atoms with Crippen LogP contribution in [0.5, 0.6) is 0 Å². The van der Waals surface area contributed by atoms with Crippen molar-refractivity contribution in [2.45, 2.75) is 302 Å². The van der Waals surface area contributed by atoms with Crippen molar-refractivity contribution >= 4 is 11.9 Å². The Kier molecular flexibility index (Phi) is 50.0. The molecule has 3 N–H and O–H groups in total. The van der Waals surface area contributed by atoms with E-state index in [4.69, 9.17) is 4.74 Å². The van der Waals surface area contributed by atoms with E-state index in [-0.39, 0.29) is 24.9 Å². The number of aliphatic hydroxyl groups excluding tert-OH is 2. The van der Waals surface area contributed by atoms with Crippen molar-refractivity contribution in [2.24, 2.45) is 0 Å². The van der Waals surface area contributed by atoms with Crippen molar-refractivity contribution in [2.75, 3.05) is 6.61 Å². The van der Waals surface area contributed by atoms with Gasteiger partial charge in [-0.1, -0.05) is 249 Å². The number of rotatable bonds is 50. The molecule has 0 heterocycles. The van der Waals surface area contributed by atoms with Gasteiger partial charge in [0.1, 0.15) is 6.10 Å². The first-order valence-corrected chi connectivity index (χ1v) is 27.9. The van der Waals surface area contributed by atoms with Crippen LogP contribution in [-0.2, 0) is 14.3 Å². The Morgan fingerprint density at radius 3 is 1.31 bits per heavy atom. The second kappa shape index (κ2) is 51.8. The fourth-order valence-electron chi connectivity index (χ4n) is 8.49. The minimum atomic E-state index is -0.794. The lowest BCUT2D eigenvalue weighted by Crippen LogP contribution is -2.46. The van der Waals surface area contributed by atoms with Gasteiger partial charge < -0.3 is 20.3 Å². The predicted octanol–water partition coefficient (Wildman–Crippen LogP) is 17.0. The Morgan fingerprint density at radius 2 is 0.859 bits per heavy atom. The second-order valence-corrected chi connectivity index (χ2v) is 19.0. The van der Waals surface area contributed by atoms with Crippen LogP contribution < -0.4 is 5.32 Å². The molecule has 0 aromatic rings. The predicted molar refractivity (Wildman–Crippen MR) is 278 cm³/mol. The van der Waals surface area contributed by atoms with E-state index < -0.39 is 18.2 Å². The SMILES string of the molecule is CC/C=C/C=C/C=C/CCCCCCCC(CC(=O)NC(CO)C(O)CCCCCCCCCCCCCCCCC)OC(=O)CCCCCCCCC/C=C/CCCCCCCC. The Bertz CT molecular complexity index is 1100. The van der Waals surface area contributed by atoms with Crippen molar-refractivity contribution in [3.8, 4) is 0 Å². The minimum Gasteiger partial charge on any atom is -0.462 e. The van der Waals surface area contributed by atoms with E-state index in [2.05, 4.69) is 74.7 Å². The van der Waals surface area contributed by atoms with Gasteiger partial charge in [-0.2, -0.15) is 0 Å². The van der Waals surface area contributed by atoms with Crippen LogP contribution in [0.25, 0.3) is 0 Å². The van der Waals surface area contributed by atoms with Crippen molar-refractivity contribution in [3.63, 3.8) is 0 Å². The molecule has 0 radical (unpaired) electrons. The summed E-state index contributed by atoms with van der Waals surface area (Å²) < 4.78 is 5.94. The number of allylic oxidation sites excluding steroid dienone is 8. The fraction of sp³-hybridized carbons (Fsp3) is 0.828. The zero-order chi connectivity index (χ0) is 46.7. The molecule has 0 rings (SSSR count). The molecule has 0 aliphatic carbocycles. The number of aliphatic hydroxyl groups is 2. The molecule has 374 valence electrons. The minimum absolute atomic E-state index is 0.0634. The van der Waals surface area contributed by atoms with Crippen LogP contribution in [0.4, 0.5) is 0 Å². The van der Waals surface area contributed by atoms with Crippen molar-refractivity contribution in [1.29, 1.82) is 0 Å². The van der Waals surface area contributed by atoms with E-state index in [1.807, 2.05) is 0 Å². The first-order valence-electron chi connectivity index (χ1n) is 27.9. The second-order valence-electron chi connectivity index (χ2n) is 19.0. The summed E-state index contributed by atoms with van der Waals surface area (Å²) in [5, 5.41) is 23.8. The summed E-state index contributed by atoms with van der Waals surface area (Å²) in [7, 11) is 0. The van der Waals surface area contributed by atoms with Gasteiger partial charge in [-0.3, -0.25) is 9.59 Å². The van der Waals surface area contributed by atoms with E-state index in [0.29, 0.717) is 19.3 Å². The van der Waals surface area contributed by atoms with Gasteiger partial charge in [-0.15, -0.1) is 0 Å². The molecule has 64 heavy (non-hydrogen) atoms. The van der Waals surface area contributed by atoms with Crippen LogP contribution in [0.1, 0.15) is 284 Å². The van der Waals surface area contributed by atoms with Gasteiger partial charge in [-0.25, -0.2) is 0 Å². The first-order chi connectivity index (χ1) is 31.5. The van der Waals surface area contributed by atoms with Gasteiger partial charge >= 0.3 is 5.97 Å². The monoisotopic (exact) mass is 898 g/mol. The van der Waals surface area contributed by atoms with Crippen molar-refractivity contribution < 1.29 is 24.5 Å². The molecular formula is C58H107NO5. The topological polar surface area (TPSA) is 95.9 Å². The standard InChI is InChI=1S/C58H107NO5/c1-4-7-10-13-16-19-22-25-27-28-30-33-36-39-42-45-48-51-58(63)64-54(49-46-43-40-37-34-31-24-21-18-15-12-9-6-3)52-57(62)59-55(53-60)56(61)50-47-44-41-38-35-32-29-26-23-20-17-14-11-8-5-2/h9,12,15,18,21,24-25,27,54-56,60-61H,4-8,10-11,13-14,16-17,19-20,22-23,26,28-53H2,1-3H3,(H,59,62)/b12-9+,18-15+,24-21+,27-25+. The Balaban J connectivity index is 4.54.